The highest BCUT2D eigenvalue weighted by Crippen LogP contribution is 2.22. The smallest absolute Gasteiger partial charge is 0.0893 e. The Labute approximate surface area is 103 Å². The Bertz CT molecular complexity index is 270. The normalized spacial score (nSPS) is 11.9. The Morgan fingerprint density at radius 1 is 1.38 bits per heavy atom. The van der Waals surface area contributed by atoms with Crippen LogP contribution >= 0.6 is 11.5 Å². The van der Waals surface area contributed by atoms with Crippen molar-refractivity contribution in [2.24, 2.45) is 5.41 Å². The minimum atomic E-state index is 0.388. The van der Waals surface area contributed by atoms with Crippen LogP contribution in [-0.4, -0.2) is 16.1 Å². The van der Waals surface area contributed by atoms with E-state index >= 15 is 0 Å². The molecule has 0 atom stereocenters. The molecule has 92 valence electrons. The van der Waals surface area contributed by atoms with Crippen molar-refractivity contribution < 1.29 is 0 Å². The number of rotatable bonds is 8. The third kappa shape index (κ3) is 5.56. The van der Waals surface area contributed by atoms with Gasteiger partial charge in [0.25, 0.3) is 0 Å². The lowest BCUT2D eigenvalue weighted by Crippen LogP contribution is -2.29. The van der Waals surface area contributed by atoms with Crippen molar-refractivity contribution in [1.82, 2.24) is 14.9 Å². The van der Waals surface area contributed by atoms with Gasteiger partial charge in [-0.25, -0.2) is 0 Å². The van der Waals surface area contributed by atoms with Crippen LogP contribution in [0.2, 0.25) is 0 Å². The molecular formula is C12H23N3S. The summed E-state index contributed by atoms with van der Waals surface area (Å²) < 4.78 is 3.85. The molecule has 1 aromatic rings. The van der Waals surface area contributed by atoms with Gasteiger partial charge in [0, 0.05) is 18.5 Å². The first-order valence-electron chi connectivity index (χ1n) is 6.11. The van der Waals surface area contributed by atoms with Crippen LogP contribution in [0.5, 0.6) is 0 Å². The van der Waals surface area contributed by atoms with E-state index in [1.807, 2.05) is 5.38 Å². The third-order valence-electron chi connectivity index (χ3n) is 2.77. The average Bonchev–Trinajstić information content (AvgIpc) is 2.70. The fourth-order valence-corrected chi connectivity index (χ4v) is 2.18. The molecule has 0 radical (unpaired) electrons. The zero-order valence-corrected chi connectivity index (χ0v) is 11.4. The van der Waals surface area contributed by atoms with Crippen LogP contribution in [0.4, 0.5) is 0 Å². The summed E-state index contributed by atoms with van der Waals surface area (Å²) in [7, 11) is 0. The number of aromatic nitrogens is 2. The average molecular weight is 241 g/mol. The van der Waals surface area contributed by atoms with E-state index in [2.05, 4.69) is 35.7 Å². The zero-order chi connectivity index (χ0) is 11.9. The minimum absolute atomic E-state index is 0.388. The molecule has 1 rings (SSSR count). The summed E-state index contributed by atoms with van der Waals surface area (Å²) in [5, 5.41) is 9.47. The van der Waals surface area contributed by atoms with Gasteiger partial charge in [-0.15, -0.1) is 5.10 Å². The molecule has 1 heterocycles. The SMILES string of the molecule is CCCCCC(C)(C)CNCc1csnn1. The first-order chi connectivity index (χ1) is 7.64. The summed E-state index contributed by atoms with van der Waals surface area (Å²) in [6.45, 7) is 8.80. The second kappa shape index (κ2) is 6.97. The van der Waals surface area contributed by atoms with Crippen LogP contribution in [0.25, 0.3) is 0 Å². The van der Waals surface area contributed by atoms with E-state index < -0.39 is 0 Å². The van der Waals surface area contributed by atoms with Gasteiger partial charge < -0.3 is 5.32 Å². The van der Waals surface area contributed by atoms with E-state index in [1.54, 1.807) is 0 Å². The lowest BCUT2D eigenvalue weighted by Gasteiger charge is -2.24. The topological polar surface area (TPSA) is 37.8 Å². The molecule has 0 amide bonds. The number of hydrogen-bond acceptors (Lipinski definition) is 4. The lowest BCUT2D eigenvalue weighted by molar-refractivity contribution is 0.301. The molecule has 0 spiro atoms. The quantitative estimate of drug-likeness (QED) is 0.710. The second-order valence-corrected chi connectivity index (χ2v) is 5.73. The van der Waals surface area contributed by atoms with E-state index in [0.29, 0.717) is 5.41 Å². The molecule has 0 saturated heterocycles. The van der Waals surface area contributed by atoms with E-state index in [0.717, 1.165) is 18.8 Å². The second-order valence-electron chi connectivity index (χ2n) is 5.12. The molecule has 0 fully saturated rings. The minimum Gasteiger partial charge on any atom is -0.311 e. The van der Waals surface area contributed by atoms with E-state index in [9.17, 15) is 0 Å². The number of unbranched alkanes of at least 4 members (excludes halogenated alkanes) is 2. The van der Waals surface area contributed by atoms with Crippen molar-refractivity contribution >= 4 is 11.5 Å². The van der Waals surface area contributed by atoms with Gasteiger partial charge in [0.15, 0.2) is 0 Å². The van der Waals surface area contributed by atoms with Gasteiger partial charge in [-0.2, -0.15) is 0 Å². The molecular weight excluding hydrogens is 218 g/mol. The van der Waals surface area contributed by atoms with Crippen molar-refractivity contribution in [3.8, 4) is 0 Å². The maximum absolute atomic E-state index is 4.02. The summed E-state index contributed by atoms with van der Waals surface area (Å²) in [6, 6.07) is 0. The highest BCUT2D eigenvalue weighted by molar-refractivity contribution is 7.03. The Morgan fingerprint density at radius 2 is 2.19 bits per heavy atom. The molecule has 0 aliphatic carbocycles. The Morgan fingerprint density at radius 3 is 2.81 bits per heavy atom. The first-order valence-corrected chi connectivity index (χ1v) is 6.94. The van der Waals surface area contributed by atoms with E-state index in [-0.39, 0.29) is 0 Å². The Balaban J connectivity index is 2.14. The van der Waals surface area contributed by atoms with Gasteiger partial charge >= 0.3 is 0 Å². The molecule has 3 nitrogen and oxygen atoms in total. The summed E-state index contributed by atoms with van der Waals surface area (Å²) in [4.78, 5) is 0. The maximum Gasteiger partial charge on any atom is 0.0893 e. The summed E-state index contributed by atoms with van der Waals surface area (Å²) in [6.07, 6.45) is 5.28. The van der Waals surface area contributed by atoms with Gasteiger partial charge in [-0.05, 0) is 23.4 Å². The molecule has 16 heavy (non-hydrogen) atoms. The van der Waals surface area contributed by atoms with Crippen LogP contribution in [0, 0.1) is 5.41 Å². The van der Waals surface area contributed by atoms with Crippen LogP contribution in [0.15, 0.2) is 5.38 Å². The number of nitrogens with zero attached hydrogens (tertiary/aromatic N) is 2. The molecule has 0 bridgehead atoms. The van der Waals surface area contributed by atoms with Crippen molar-refractivity contribution in [2.75, 3.05) is 6.54 Å². The largest absolute Gasteiger partial charge is 0.311 e. The fourth-order valence-electron chi connectivity index (χ4n) is 1.73. The summed E-state index contributed by atoms with van der Waals surface area (Å²) >= 11 is 1.41. The highest BCUT2D eigenvalue weighted by atomic mass is 32.1. The third-order valence-corrected chi connectivity index (χ3v) is 3.33. The van der Waals surface area contributed by atoms with Crippen LogP contribution < -0.4 is 5.32 Å². The molecule has 0 saturated carbocycles. The molecule has 4 heteroatoms. The van der Waals surface area contributed by atoms with Gasteiger partial charge in [-0.1, -0.05) is 44.5 Å². The standard InChI is InChI=1S/C12H23N3S/c1-4-5-6-7-12(2,3)10-13-8-11-9-16-15-14-11/h9,13H,4-8,10H2,1-3H3. The molecule has 0 aromatic carbocycles. The zero-order valence-electron chi connectivity index (χ0n) is 10.6. The van der Waals surface area contributed by atoms with Crippen molar-refractivity contribution in [2.45, 2.75) is 53.0 Å². The summed E-state index contributed by atoms with van der Waals surface area (Å²) in [5.74, 6) is 0. The predicted octanol–water partition coefficient (Wildman–Crippen LogP) is 3.23. The van der Waals surface area contributed by atoms with Gasteiger partial charge in [0.05, 0.1) is 5.69 Å². The van der Waals surface area contributed by atoms with E-state index in [4.69, 9.17) is 0 Å². The number of nitrogens with one attached hydrogen (secondary N) is 1. The molecule has 0 unspecified atom stereocenters. The van der Waals surface area contributed by atoms with Crippen LogP contribution in [-0.2, 0) is 6.54 Å². The van der Waals surface area contributed by atoms with Crippen molar-refractivity contribution in [1.29, 1.82) is 0 Å². The maximum atomic E-state index is 4.02. The van der Waals surface area contributed by atoms with Crippen LogP contribution in [0.3, 0.4) is 0 Å². The van der Waals surface area contributed by atoms with E-state index in [1.165, 1.54) is 37.2 Å². The molecule has 1 N–H and O–H groups in total. The predicted molar refractivity (Wildman–Crippen MR) is 69.5 cm³/mol. The fraction of sp³-hybridized carbons (Fsp3) is 0.833. The van der Waals surface area contributed by atoms with Crippen LogP contribution in [0.1, 0.15) is 52.1 Å². The van der Waals surface area contributed by atoms with Gasteiger partial charge in [-0.3, -0.25) is 0 Å². The monoisotopic (exact) mass is 241 g/mol. The van der Waals surface area contributed by atoms with Gasteiger partial charge in [0.2, 0.25) is 0 Å². The Kier molecular flexibility index (Phi) is 5.91. The van der Waals surface area contributed by atoms with Crippen molar-refractivity contribution in [3.05, 3.63) is 11.1 Å². The molecule has 1 aromatic heterocycles. The van der Waals surface area contributed by atoms with Crippen molar-refractivity contribution in [3.63, 3.8) is 0 Å². The highest BCUT2D eigenvalue weighted by Gasteiger charge is 2.16. The Hall–Kier alpha value is -0.480. The summed E-state index contributed by atoms with van der Waals surface area (Å²) in [5.41, 5.74) is 1.44. The number of hydrogen-bond donors (Lipinski definition) is 1. The lowest BCUT2D eigenvalue weighted by atomic mass is 9.87. The van der Waals surface area contributed by atoms with Gasteiger partial charge in [0.1, 0.15) is 0 Å². The molecule has 0 aliphatic heterocycles. The molecule has 0 aliphatic rings. The first kappa shape index (κ1) is 13.6.